The van der Waals surface area contributed by atoms with Gasteiger partial charge in [0.2, 0.25) is 5.91 Å². The Morgan fingerprint density at radius 1 is 1.32 bits per heavy atom. The Morgan fingerprint density at radius 3 is 2.55 bits per heavy atom. The Labute approximate surface area is 131 Å². The summed E-state index contributed by atoms with van der Waals surface area (Å²) in [6, 6.07) is 8.38. The number of piperidine rings is 1. The van der Waals surface area contributed by atoms with Crippen molar-refractivity contribution in [1.29, 1.82) is 0 Å². The molecule has 2 heterocycles. The molecule has 0 radical (unpaired) electrons. The summed E-state index contributed by atoms with van der Waals surface area (Å²) in [5.74, 6) is 0.0607. The second kappa shape index (κ2) is 5.99. The van der Waals surface area contributed by atoms with E-state index in [9.17, 15) is 15.0 Å². The molecule has 1 amide bonds. The van der Waals surface area contributed by atoms with Gasteiger partial charge < -0.3 is 15.1 Å². The maximum Gasteiger partial charge on any atom is 0.223 e. The van der Waals surface area contributed by atoms with E-state index in [1.165, 1.54) is 11.1 Å². The van der Waals surface area contributed by atoms with Crippen LogP contribution in [0.3, 0.4) is 0 Å². The number of likely N-dealkylation sites (tertiary alicyclic amines) is 1. The number of β-amino-alcohol motifs (C(OH)–C–C–N with tert-alkyl or cyclic N) is 1. The Hall–Kier alpha value is -1.43. The lowest BCUT2D eigenvalue weighted by molar-refractivity contribution is -0.146. The molecule has 2 atom stereocenters. The molecule has 2 N–H and O–H groups in total. The molecule has 5 nitrogen and oxygen atoms in total. The van der Waals surface area contributed by atoms with Gasteiger partial charge in [-0.3, -0.25) is 9.69 Å². The molecule has 0 saturated carbocycles. The summed E-state index contributed by atoms with van der Waals surface area (Å²) in [5, 5.41) is 19.8. The lowest BCUT2D eigenvalue weighted by atomic mass is 9.90. The van der Waals surface area contributed by atoms with Crippen LogP contribution in [-0.4, -0.2) is 57.3 Å². The zero-order chi connectivity index (χ0) is 15.7. The van der Waals surface area contributed by atoms with E-state index >= 15 is 0 Å². The predicted octanol–water partition coefficient (Wildman–Crippen LogP) is 0.736. The first-order valence-corrected chi connectivity index (χ1v) is 7.93. The Balaban J connectivity index is 1.48. The summed E-state index contributed by atoms with van der Waals surface area (Å²) >= 11 is 0. The molecule has 1 aromatic carbocycles. The number of hydrogen-bond donors (Lipinski definition) is 2. The average molecular weight is 304 g/mol. The van der Waals surface area contributed by atoms with Crippen molar-refractivity contribution >= 4 is 5.91 Å². The fourth-order valence-corrected chi connectivity index (χ4v) is 3.22. The number of aliphatic hydroxyl groups excluding tert-OH is 1. The third kappa shape index (κ3) is 3.16. The highest BCUT2D eigenvalue weighted by atomic mass is 16.3. The molecule has 0 spiro atoms. The second-order valence-corrected chi connectivity index (χ2v) is 6.69. The molecule has 1 fully saturated rings. The minimum Gasteiger partial charge on any atom is -0.388 e. The number of aliphatic hydroxyl groups is 2. The molecule has 5 heteroatoms. The first-order chi connectivity index (χ1) is 10.5. The predicted molar refractivity (Wildman–Crippen MR) is 83.0 cm³/mol. The molecule has 1 saturated heterocycles. The largest absolute Gasteiger partial charge is 0.388 e. The molecule has 0 aliphatic carbocycles. The maximum absolute atomic E-state index is 12.3. The monoisotopic (exact) mass is 304 g/mol. The van der Waals surface area contributed by atoms with Crippen molar-refractivity contribution in [1.82, 2.24) is 9.80 Å². The Bertz CT molecular complexity index is 534. The highest BCUT2D eigenvalue weighted by molar-refractivity contribution is 5.76. The van der Waals surface area contributed by atoms with Crippen LogP contribution in [0.5, 0.6) is 0 Å². The van der Waals surface area contributed by atoms with Gasteiger partial charge in [-0.2, -0.15) is 0 Å². The van der Waals surface area contributed by atoms with Crippen molar-refractivity contribution in [2.75, 3.05) is 19.6 Å². The highest BCUT2D eigenvalue weighted by Gasteiger charge is 2.37. The van der Waals surface area contributed by atoms with E-state index in [0.717, 1.165) is 19.6 Å². The van der Waals surface area contributed by atoms with Gasteiger partial charge in [0.1, 0.15) is 0 Å². The number of amides is 1. The van der Waals surface area contributed by atoms with Crippen LogP contribution in [0.1, 0.15) is 30.9 Å². The molecule has 2 aliphatic heterocycles. The van der Waals surface area contributed by atoms with Crippen molar-refractivity contribution in [3.8, 4) is 0 Å². The summed E-state index contributed by atoms with van der Waals surface area (Å²) in [6.07, 6.45) is 0.0269. The zero-order valence-electron chi connectivity index (χ0n) is 13.0. The first-order valence-electron chi connectivity index (χ1n) is 7.93. The van der Waals surface area contributed by atoms with Gasteiger partial charge in [0, 0.05) is 39.1 Å². The third-order valence-corrected chi connectivity index (χ3v) is 4.90. The van der Waals surface area contributed by atoms with Crippen LogP contribution in [0.25, 0.3) is 0 Å². The molecule has 0 bridgehead atoms. The van der Waals surface area contributed by atoms with Crippen LogP contribution in [0, 0.1) is 0 Å². The minimum atomic E-state index is -1.08. The van der Waals surface area contributed by atoms with Crippen molar-refractivity contribution < 1.29 is 15.0 Å². The smallest absolute Gasteiger partial charge is 0.223 e. The molecule has 2 aliphatic rings. The SMILES string of the molecule is C[C@@]1(O)CCN(C(=O)CCN2Cc3ccccc3C2)C[C@@H]1O. The third-order valence-electron chi connectivity index (χ3n) is 4.90. The number of rotatable bonds is 3. The molecule has 3 rings (SSSR count). The van der Waals surface area contributed by atoms with E-state index < -0.39 is 11.7 Å². The normalized spacial score (nSPS) is 28.7. The van der Waals surface area contributed by atoms with Gasteiger partial charge in [-0.1, -0.05) is 24.3 Å². The number of carbonyl (C=O) groups is 1. The first kappa shape index (κ1) is 15.5. The van der Waals surface area contributed by atoms with Crippen LogP contribution >= 0.6 is 0 Å². The topological polar surface area (TPSA) is 64.0 Å². The van der Waals surface area contributed by atoms with Gasteiger partial charge in [-0.25, -0.2) is 0 Å². The van der Waals surface area contributed by atoms with E-state index in [1.807, 2.05) is 0 Å². The molecule has 120 valence electrons. The van der Waals surface area contributed by atoms with Gasteiger partial charge in [0.05, 0.1) is 11.7 Å². The lowest BCUT2D eigenvalue weighted by Crippen LogP contribution is -2.55. The molecule has 22 heavy (non-hydrogen) atoms. The van der Waals surface area contributed by atoms with E-state index in [1.54, 1.807) is 11.8 Å². The van der Waals surface area contributed by atoms with Gasteiger partial charge >= 0.3 is 0 Å². The van der Waals surface area contributed by atoms with Crippen molar-refractivity contribution in [2.24, 2.45) is 0 Å². The van der Waals surface area contributed by atoms with Crippen molar-refractivity contribution in [3.63, 3.8) is 0 Å². The fourth-order valence-electron chi connectivity index (χ4n) is 3.22. The minimum absolute atomic E-state index is 0.0607. The van der Waals surface area contributed by atoms with Crippen LogP contribution < -0.4 is 0 Å². The van der Waals surface area contributed by atoms with Crippen LogP contribution in [0.2, 0.25) is 0 Å². The highest BCUT2D eigenvalue weighted by Crippen LogP contribution is 2.24. The number of nitrogens with zero attached hydrogens (tertiary/aromatic N) is 2. The van der Waals surface area contributed by atoms with Crippen molar-refractivity contribution in [2.45, 2.75) is 44.6 Å². The zero-order valence-corrected chi connectivity index (χ0v) is 13.0. The summed E-state index contributed by atoms with van der Waals surface area (Å²) in [6.45, 7) is 4.91. The van der Waals surface area contributed by atoms with Crippen LogP contribution in [-0.2, 0) is 17.9 Å². The fraction of sp³-hybridized carbons (Fsp3) is 0.588. The summed E-state index contributed by atoms with van der Waals surface area (Å²) in [7, 11) is 0. The van der Waals surface area contributed by atoms with Crippen LogP contribution in [0.4, 0.5) is 0 Å². The number of carbonyl (C=O) groups excluding carboxylic acids is 1. The lowest BCUT2D eigenvalue weighted by Gasteiger charge is -2.40. The van der Waals surface area contributed by atoms with E-state index in [4.69, 9.17) is 0 Å². The molecular formula is C17H24N2O3. The molecular weight excluding hydrogens is 280 g/mol. The molecule has 0 aromatic heterocycles. The summed E-state index contributed by atoms with van der Waals surface area (Å²) in [5.41, 5.74) is 1.62. The van der Waals surface area contributed by atoms with Gasteiger partial charge in [0.15, 0.2) is 0 Å². The summed E-state index contributed by atoms with van der Waals surface area (Å²) < 4.78 is 0. The Morgan fingerprint density at radius 2 is 1.95 bits per heavy atom. The Kier molecular flexibility index (Phi) is 4.21. The quantitative estimate of drug-likeness (QED) is 0.864. The summed E-state index contributed by atoms with van der Waals surface area (Å²) in [4.78, 5) is 16.2. The second-order valence-electron chi connectivity index (χ2n) is 6.69. The molecule has 1 aromatic rings. The van der Waals surface area contributed by atoms with Gasteiger partial charge in [-0.05, 0) is 24.5 Å². The van der Waals surface area contributed by atoms with Gasteiger partial charge in [0.25, 0.3) is 0 Å². The van der Waals surface area contributed by atoms with E-state index in [2.05, 4.69) is 29.2 Å². The van der Waals surface area contributed by atoms with E-state index in [0.29, 0.717) is 19.4 Å². The van der Waals surface area contributed by atoms with Gasteiger partial charge in [-0.15, -0.1) is 0 Å². The number of benzene rings is 1. The molecule has 0 unspecified atom stereocenters. The van der Waals surface area contributed by atoms with Crippen LogP contribution in [0.15, 0.2) is 24.3 Å². The standard InChI is InChI=1S/C17H24N2O3/c1-17(22)7-9-19(12-15(17)20)16(21)6-8-18-10-13-4-2-3-5-14(13)11-18/h2-5,15,20,22H,6-12H2,1H3/t15-,17+/m0/s1. The maximum atomic E-state index is 12.3. The van der Waals surface area contributed by atoms with E-state index in [-0.39, 0.29) is 12.5 Å². The number of hydrogen-bond acceptors (Lipinski definition) is 4. The van der Waals surface area contributed by atoms with Crippen molar-refractivity contribution in [3.05, 3.63) is 35.4 Å². The number of fused-ring (bicyclic) bond motifs is 1. The average Bonchev–Trinajstić information content (AvgIpc) is 2.90.